The fourth-order valence-corrected chi connectivity index (χ4v) is 2.23. The molecule has 92 valence electrons. The largest absolute Gasteiger partial charge is 0.290 e. The molecule has 7 heteroatoms. The van der Waals surface area contributed by atoms with Gasteiger partial charge >= 0.3 is 0 Å². The molecule has 1 amide bonds. The van der Waals surface area contributed by atoms with Crippen molar-refractivity contribution in [1.29, 1.82) is 0 Å². The van der Waals surface area contributed by atoms with Crippen molar-refractivity contribution < 1.29 is 4.79 Å². The zero-order chi connectivity index (χ0) is 12.6. The zero-order valence-corrected chi connectivity index (χ0v) is 10.6. The highest BCUT2D eigenvalue weighted by Gasteiger charge is 2.50. The van der Waals surface area contributed by atoms with Crippen LogP contribution >= 0.6 is 11.6 Å². The number of aromatic nitrogens is 1. The molecule has 0 bridgehead atoms. The molecule has 2 rings (SSSR count). The van der Waals surface area contributed by atoms with Crippen molar-refractivity contribution in [3.63, 3.8) is 0 Å². The molecule has 0 saturated heterocycles. The van der Waals surface area contributed by atoms with Gasteiger partial charge in [-0.3, -0.25) is 15.4 Å². The number of nitrogens with one attached hydrogen (secondary N) is 3. The van der Waals surface area contributed by atoms with Crippen LogP contribution < -0.4 is 21.1 Å². The molecule has 6 nitrogen and oxygen atoms in total. The Balaban J connectivity index is 2.66. The van der Waals surface area contributed by atoms with Crippen LogP contribution in [0.15, 0.2) is 12.1 Å². The summed E-state index contributed by atoms with van der Waals surface area (Å²) < 4.78 is 0. The van der Waals surface area contributed by atoms with Crippen molar-refractivity contribution in [1.82, 2.24) is 21.0 Å². The average molecular weight is 256 g/mol. The molecule has 1 aromatic rings. The van der Waals surface area contributed by atoms with Crippen molar-refractivity contribution in [2.24, 2.45) is 0 Å². The third-order valence-corrected chi connectivity index (χ3v) is 3.16. The Kier molecular flexibility index (Phi) is 3.05. The maximum absolute atomic E-state index is 12.3. The molecule has 0 spiro atoms. The highest BCUT2D eigenvalue weighted by atomic mass is 35.5. The van der Waals surface area contributed by atoms with Crippen LogP contribution in [0.3, 0.4) is 0 Å². The highest BCUT2D eigenvalue weighted by molar-refractivity contribution is 6.29. The number of carbonyl (C=O) groups is 1. The second kappa shape index (κ2) is 4.23. The van der Waals surface area contributed by atoms with Crippen molar-refractivity contribution >= 4 is 23.3 Å². The Morgan fingerprint density at radius 3 is 2.47 bits per heavy atom. The number of hydrazine groups is 1. The number of likely N-dealkylation sites (N-methyl/N-ethyl adjacent to an activating group) is 2. The van der Waals surface area contributed by atoms with Crippen molar-refractivity contribution in [2.75, 3.05) is 26.2 Å². The predicted octanol–water partition coefficient (Wildman–Crippen LogP) is -0.192. The van der Waals surface area contributed by atoms with E-state index < -0.39 is 5.66 Å². The van der Waals surface area contributed by atoms with Gasteiger partial charge in [0.25, 0.3) is 5.91 Å². The third kappa shape index (κ3) is 1.53. The summed E-state index contributed by atoms with van der Waals surface area (Å²) in [5.74, 6) is 0.337. The lowest BCUT2D eigenvalue weighted by molar-refractivity contribution is -0.125. The SMILES string of the molecule is CNN1C(=O)C(NC)(NC)c2ccc(Cl)nc21. The van der Waals surface area contributed by atoms with Crippen molar-refractivity contribution in [3.05, 3.63) is 22.8 Å². The van der Waals surface area contributed by atoms with E-state index in [0.717, 1.165) is 5.56 Å². The number of amides is 1. The smallest absolute Gasteiger partial charge is 0.282 e. The van der Waals surface area contributed by atoms with Crippen LogP contribution in [-0.2, 0) is 10.5 Å². The van der Waals surface area contributed by atoms with E-state index in [1.54, 1.807) is 33.3 Å². The summed E-state index contributed by atoms with van der Waals surface area (Å²) in [6.45, 7) is 0. The second-order valence-electron chi connectivity index (χ2n) is 3.62. The summed E-state index contributed by atoms with van der Waals surface area (Å²) in [6.07, 6.45) is 0. The van der Waals surface area contributed by atoms with Gasteiger partial charge in [0.1, 0.15) is 5.15 Å². The lowest BCUT2D eigenvalue weighted by atomic mass is 10.0. The van der Waals surface area contributed by atoms with Gasteiger partial charge in [0, 0.05) is 12.6 Å². The molecule has 0 aromatic carbocycles. The fourth-order valence-electron chi connectivity index (χ4n) is 2.08. The standard InChI is InChI=1S/C10H14ClN5O/c1-12-10(13-2)6-4-5-7(11)15-8(6)16(14-3)9(10)17/h4-5,12-14H,1-3H3. The van der Waals surface area contributed by atoms with Gasteiger partial charge in [-0.2, -0.15) is 0 Å². The summed E-state index contributed by atoms with van der Waals surface area (Å²) in [5, 5.41) is 7.70. The predicted molar refractivity (Wildman–Crippen MR) is 65.6 cm³/mol. The van der Waals surface area contributed by atoms with Crippen LogP contribution in [0.5, 0.6) is 0 Å². The number of anilines is 1. The summed E-state index contributed by atoms with van der Waals surface area (Å²) in [7, 11) is 5.09. The first-order valence-corrected chi connectivity index (χ1v) is 5.55. The van der Waals surface area contributed by atoms with Gasteiger partial charge in [-0.25, -0.2) is 15.4 Å². The topological polar surface area (TPSA) is 69.3 Å². The number of hydrogen-bond donors (Lipinski definition) is 3. The lowest BCUT2D eigenvalue weighted by Gasteiger charge is -2.26. The maximum Gasteiger partial charge on any atom is 0.282 e. The van der Waals surface area contributed by atoms with E-state index in [2.05, 4.69) is 21.0 Å². The number of pyridine rings is 1. The lowest BCUT2D eigenvalue weighted by Crippen LogP contribution is -2.59. The van der Waals surface area contributed by atoms with E-state index in [0.29, 0.717) is 11.0 Å². The van der Waals surface area contributed by atoms with Gasteiger partial charge in [-0.05, 0) is 26.2 Å². The number of halogens is 1. The Morgan fingerprint density at radius 2 is 1.94 bits per heavy atom. The Labute approximate surface area is 104 Å². The molecule has 0 saturated carbocycles. The van der Waals surface area contributed by atoms with Gasteiger partial charge in [0.2, 0.25) is 0 Å². The van der Waals surface area contributed by atoms with Crippen LogP contribution in [-0.4, -0.2) is 32.0 Å². The molecule has 1 aliphatic heterocycles. The Bertz CT molecular complexity index is 460. The van der Waals surface area contributed by atoms with Crippen LogP contribution in [0.1, 0.15) is 5.56 Å². The molecule has 0 atom stereocenters. The number of carbonyl (C=O) groups excluding carboxylic acids is 1. The number of fused-ring (bicyclic) bond motifs is 1. The van der Waals surface area contributed by atoms with Crippen molar-refractivity contribution in [2.45, 2.75) is 5.66 Å². The normalized spacial score (nSPS) is 17.4. The third-order valence-electron chi connectivity index (χ3n) is 2.95. The van der Waals surface area contributed by atoms with E-state index in [9.17, 15) is 4.79 Å². The Morgan fingerprint density at radius 1 is 1.29 bits per heavy atom. The quantitative estimate of drug-likeness (QED) is 0.516. The molecular formula is C10H14ClN5O. The molecule has 1 aromatic heterocycles. The minimum absolute atomic E-state index is 0.172. The molecule has 0 unspecified atom stereocenters. The second-order valence-corrected chi connectivity index (χ2v) is 4.01. The van der Waals surface area contributed by atoms with E-state index in [4.69, 9.17) is 11.6 Å². The number of rotatable bonds is 3. The minimum atomic E-state index is -0.962. The number of hydrogen-bond acceptors (Lipinski definition) is 5. The maximum atomic E-state index is 12.3. The molecule has 1 aliphatic rings. The van der Waals surface area contributed by atoms with Gasteiger partial charge in [0.15, 0.2) is 11.5 Å². The van der Waals surface area contributed by atoms with Gasteiger partial charge < -0.3 is 0 Å². The minimum Gasteiger partial charge on any atom is -0.290 e. The summed E-state index contributed by atoms with van der Waals surface area (Å²) in [4.78, 5) is 16.5. The molecule has 0 fully saturated rings. The van der Waals surface area contributed by atoms with Crippen molar-refractivity contribution in [3.8, 4) is 0 Å². The first-order chi connectivity index (χ1) is 8.10. The van der Waals surface area contributed by atoms with E-state index >= 15 is 0 Å². The number of nitrogens with zero attached hydrogens (tertiary/aromatic N) is 2. The molecule has 2 heterocycles. The Hall–Kier alpha value is -1.21. The van der Waals surface area contributed by atoms with Crippen LogP contribution in [0.4, 0.5) is 5.82 Å². The van der Waals surface area contributed by atoms with Gasteiger partial charge in [-0.1, -0.05) is 11.6 Å². The van der Waals surface area contributed by atoms with Crippen LogP contribution in [0.25, 0.3) is 0 Å². The van der Waals surface area contributed by atoms with Gasteiger partial charge in [-0.15, -0.1) is 0 Å². The fraction of sp³-hybridized carbons (Fsp3) is 0.400. The van der Waals surface area contributed by atoms with E-state index in [-0.39, 0.29) is 5.91 Å². The first kappa shape index (κ1) is 12.3. The zero-order valence-electron chi connectivity index (χ0n) is 9.84. The molecular weight excluding hydrogens is 242 g/mol. The molecule has 0 radical (unpaired) electrons. The monoisotopic (exact) mass is 255 g/mol. The molecule has 3 N–H and O–H groups in total. The summed E-state index contributed by atoms with van der Waals surface area (Å²) >= 11 is 5.86. The summed E-state index contributed by atoms with van der Waals surface area (Å²) in [6, 6.07) is 3.45. The highest BCUT2D eigenvalue weighted by Crippen LogP contribution is 2.36. The van der Waals surface area contributed by atoms with Gasteiger partial charge in [0.05, 0.1) is 0 Å². The van der Waals surface area contributed by atoms with E-state index in [1.807, 2.05) is 0 Å². The van der Waals surface area contributed by atoms with Crippen LogP contribution in [0.2, 0.25) is 5.15 Å². The van der Waals surface area contributed by atoms with E-state index in [1.165, 1.54) is 5.01 Å². The van der Waals surface area contributed by atoms with Crippen LogP contribution in [0, 0.1) is 0 Å². The molecule has 0 aliphatic carbocycles. The summed E-state index contributed by atoms with van der Waals surface area (Å²) in [5.41, 5.74) is 2.58. The average Bonchev–Trinajstić information content (AvgIpc) is 2.57. The molecule has 17 heavy (non-hydrogen) atoms. The first-order valence-electron chi connectivity index (χ1n) is 5.17.